The van der Waals surface area contributed by atoms with Gasteiger partial charge in [-0.3, -0.25) is 9.48 Å². The minimum atomic E-state index is -0.372. The topological polar surface area (TPSA) is 50.6 Å². The van der Waals surface area contributed by atoms with Crippen molar-refractivity contribution in [1.29, 1.82) is 0 Å². The van der Waals surface area contributed by atoms with E-state index >= 15 is 0 Å². The van der Waals surface area contributed by atoms with Crippen LogP contribution in [0.1, 0.15) is 10.4 Å². The van der Waals surface area contributed by atoms with Crippen LogP contribution in [0.2, 0.25) is 0 Å². The maximum atomic E-state index is 14.4. The van der Waals surface area contributed by atoms with E-state index in [2.05, 4.69) is 5.10 Å². The fraction of sp³-hybridized carbons (Fsp3) is 0.412. The lowest BCUT2D eigenvalue weighted by Gasteiger charge is -2.29. The third-order valence-electron chi connectivity index (χ3n) is 4.12. The molecule has 0 aliphatic carbocycles. The van der Waals surface area contributed by atoms with Crippen molar-refractivity contribution in [2.75, 3.05) is 44.8 Å². The van der Waals surface area contributed by atoms with Gasteiger partial charge in [0.1, 0.15) is 5.82 Å². The molecule has 0 radical (unpaired) electrons. The Morgan fingerprint density at radius 3 is 2.83 bits per heavy atom. The number of benzene rings is 1. The van der Waals surface area contributed by atoms with Crippen LogP contribution in [-0.2, 0) is 11.3 Å². The van der Waals surface area contributed by atoms with E-state index in [-0.39, 0.29) is 11.7 Å². The Morgan fingerprint density at radius 2 is 2.17 bits per heavy atom. The van der Waals surface area contributed by atoms with Crippen LogP contribution >= 0.6 is 0 Å². The smallest absolute Gasteiger partial charge is 0.253 e. The van der Waals surface area contributed by atoms with E-state index in [1.165, 1.54) is 6.07 Å². The molecule has 0 atom stereocenters. The molecule has 1 amide bonds. The quantitative estimate of drug-likeness (QED) is 0.835. The summed E-state index contributed by atoms with van der Waals surface area (Å²) < 4.78 is 21.4. The van der Waals surface area contributed by atoms with E-state index in [1.54, 1.807) is 35.0 Å². The molecule has 0 spiro atoms. The van der Waals surface area contributed by atoms with Crippen molar-refractivity contribution in [3.8, 4) is 0 Å². The predicted molar refractivity (Wildman–Crippen MR) is 88.6 cm³/mol. The molecule has 0 saturated carbocycles. The molecule has 7 heteroatoms. The van der Waals surface area contributed by atoms with Gasteiger partial charge in [0, 0.05) is 44.6 Å². The molecule has 0 bridgehead atoms. The summed E-state index contributed by atoms with van der Waals surface area (Å²) >= 11 is 0. The van der Waals surface area contributed by atoms with E-state index in [0.29, 0.717) is 50.6 Å². The Labute approximate surface area is 140 Å². The molecule has 6 nitrogen and oxygen atoms in total. The zero-order chi connectivity index (χ0) is 16.9. The van der Waals surface area contributed by atoms with Crippen molar-refractivity contribution < 1.29 is 13.9 Å². The van der Waals surface area contributed by atoms with Gasteiger partial charge in [0.2, 0.25) is 0 Å². The maximum Gasteiger partial charge on any atom is 0.253 e. The summed E-state index contributed by atoms with van der Waals surface area (Å²) in [7, 11) is 1.71. The number of hydrogen-bond acceptors (Lipinski definition) is 4. The van der Waals surface area contributed by atoms with Crippen LogP contribution in [0.3, 0.4) is 0 Å². The van der Waals surface area contributed by atoms with Crippen molar-refractivity contribution in [1.82, 2.24) is 14.7 Å². The number of rotatable bonds is 5. The van der Waals surface area contributed by atoms with Crippen LogP contribution in [0.25, 0.3) is 0 Å². The fourth-order valence-electron chi connectivity index (χ4n) is 2.71. The molecule has 1 aliphatic rings. The van der Waals surface area contributed by atoms with Crippen LogP contribution < -0.4 is 4.90 Å². The van der Waals surface area contributed by atoms with Gasteiger partial charge in [0.05, 0.1) is 25.4 Å². The van der Waals surface area contributed by atoms with Crippen molar-refractivity contribution in [2.24, 2.45) is 0 Å². The number of hydrogen-bond donors (Lipinski definition) is 0. The summed E-state index contributed by atoms with van der Waals surface area (Å²) in [6.45, 7) is 3.62. The number of carbonyl (C=O) groups is 1. The largest absolute Gasteiger partial charge is 0.378 e. The summed E-state index contributed by atoms with van der Waals surface area (Å²) in [4.78, 5) is 16.0. The molecule has 1 aromatic carbocycles. The molecule has 0 unspecified atom stereocenters. The Bertz CT molecular complexity index is 684. The van der Waals surface area contributed by atoms with E-state index in [4.69, 9.17) is 4.74 Å². The number of halogens is 1. The first-order valence-electron chi connectivity index (χ1n) is 8.00. The summed E-state index contributed by atoms with van der Waals surface area (Å²) in [5.41, 5.74) is 0.876. The molecule has 1 aliphatic heterocycles. The van der Waals surface area contributed by atoms with Crippen LogP contribution in [0.4, 0.5) is 10.1 Å². The summed E-state index contributed by atoms with van der Waals surface area (Å²) in [5, 5.41) is 4.10. The number of morpholine rings is 1. The highest BCUT2D eigenvalue weighted by molar-refractivity contribution is 5.94. The molecule has 0 N–H and O–H groups in total. The van der Waals surface area contributed by atoms with Crippen molar-refractivity contribution in [3.63, 3.8) is 0 Å². The number of nitrogens with zero attached hydrogens (tertiary/aromatic N) is 4. The maximum absolute atomic E-state index is 14.4. The lowest BCUT2D eigenvalue weighted by Crippen LogP contribution is -2.37. The molecule has 1 aromatic heterocycles. The first-order valence-corrected chi connectivity index (χ1v) is 8.00. The van der Waals surface area contributed by atoms with E-state index < -0.39 is 0 Å². The Hall–Kier alpha value is -2.41. The number of anilines is 1. The Balaban J connectivity index is 1.65. The molecular formula is C17H21FN4O2. The molecule has 2 aromatic rings. The second-order valence-corrected chi connectivity index (χ2v) is 5.76. The molecule has 3 rings (SSSR count). The Kier molecular flexibility index (Phi) is 5.10. The zero-order valence-corrected chi connectivity index (χ0v) is 13.7. The van der Waals surface area contributed by atoms with Gasteiger partial charge >= 0.3 is 0 Å². The summed E-state index contributed by atoms with van der Waals surface area (Å²) in [6.07, 6.45) is 3.54. The molecule has 128 valence electrons. The van der Waals surface area contributed by atoms with Gasteiger partial charge in [-0.25, -0.2) is 4.39 Å². The summed E-state index contributed by atoms with van der Waals surface area (Å²) in [5.74, 6) is -0.571. The van der Waals surface area contributed by atoms with Crippen LogP contribution in [-0.4, -0.2) is 60.5 Å². The van der Waals surface area contributed by atoms with Crippen LogP contribution in [0.15, 0.2) is 36.7 Å². The van der Waals surface area contributed by atoms with E-state index in [9.17, 15) is 9.18 Å². The van der Waals surface area contributed by atoms with Gasteiger partial charge in [-0.1, -0.05) is 0 Å². The van der Waals surface area contributed by atoms with Gasteiger partial charge < -0.3 is 14.5 Å². The fourth-order valence-corrected chi connectivity index (χ4v) is 2.71. The average Bonchev–Trinajstić information content (AvgIpc) is 3.13. The number of likely N-dealkylation sites (N-methyl/N-ethyl adjacent to an activating group) is 1. The number of ether oxygens (including phenoxy) is 1. The van der Waals surface area contributed by atoms with Crippen molar-refractivity contribution in [3.05, 3.63) is 48.0 Å². The Morgan fingerprint density at radius 1 is 1.38 bits per heavy atom. The highest BCUT2D eigenvalue weighted by atomic mass is 19.1. The standard InChI is InChI=1S/C17H21FN4O2/c1-20(7-8-22-6-2-5-19-22)17(23)14-3-4-16(15(18)13-14)21-9-11-24-12-10-21/h2-6,13H,7-12H2,1H3. The minimum Gasteiger partial charge on any atom is -0.378 e. The molecular weight excluding hydrogens is 311 g/mol. The second-order valence-electron chi connectivity index (χ2n) is 5.76. The third kappa shape index (κ3) is 3.73. The highest BCUT2D eigenvalue weighted by Gasteiger charge is 2.18. The second kappa shape index (κ2) is 7.44. The number of aromatic nitrogens is 2. The van der Waals surface area contributed by atoms with Gasteiger partial charge in [0.25, 0.3) is 5.91 Å². The van der Waals surface area contributed by atoms with Crippen LogP contribution in [0.5, 0.6) is 0 Å². The van der Waals surface area contributed by atoms with Gasteiger partial charge in [0.15, 0.2) is 0 Å². The molecule has 24 heavy (non-hydrogen) atoms. The lowest BCUT2D eigenvalue weighted by molar-refractivity contribution is 0.0788. The van der Waals surface area contributed by atoms with E-state index in [1.807, 2.05) is 17.2 Å². The SMILES string of the molecule is CN(CCn1cccn1)C(=O)c1ccc(N2CCOCC2)c(F)c1. The van der Waals surface area contributed by atoms with Gasteiger partial charge in [-0.05, 0) is 24.3 Å². The highest BCUT2D eigenvalue weighted by Crippen LogP contribution is 2.22. The van der Waals surface area contributed by atoms with Crippen molar-refractivity contribution >= 4 is 11.6 Å². The normalized spacial score (nSPS) is 14.7. The number of carbonyl (C=O) groups excluding carboxylic acids is 1. The lowest BCUT2D eigenvalue weighted by atomic mass is 10.1. The average molecular weight is 332 g/mol. The molecule has 1 fully saturated rings. The number of amides is 1. The zero-order valence-electron chi connectivity index (χ0n) is 13.7. The van der Waals surface area contributed by atoms with Crippen molar-refractivity contribution in [2.45, 2.75) is 6.54 Å². The van der Waals surface area contributed by atoms with Crippen LogP contribution in [0, 0.1) is 5.82 Å². The van der Waals surface area contributed by atoms with Gasteiger partial charge in [-0.2, -0.15) is 5.10 Å². The minimum absolute atomic E-state index is 0.199. The predicted octanol–water partition coefficient (Wildman–Crippen LogP) is 1.63. The summed E-state index contributed by atoms with van der Waals surface area (Å²) in [6, 6.07) is 6.51. The monoisotopic (exact) mass is 332 g/mol. The first kappa shape index (κ1) is 16.4. The van der Waals surface area contributed by atoms with E-state index in [0.717, 1.165) is 0 Å². The molecule has 2 heterocycles. The molecule has 1 saturated heterocycles. The third-order valence-corrected chi connectivity index (χ3v) is 4.12. The van der Waals surface area contributed by atoms with Gasteiger partial charge in [-0.15, -0.1) is 0 Å². The first-order chi connectivity index (χ1) is 11.6.